The number of hydrogen-bond donors (Lipinski definition) is 3. The Balaban J connectivity index is 2.48. The van der Waals surface area contributed by atoms with Gasteiger partial charge in [0.1, 0.15) is 11.4 Å². The van der Waals surface area contributed by atoms with Crippen molar-refractivity contribution in [3.63, 3.8) is 0 Å². The number of benzene rings is 1. The maximum absolute atomic E-state index is 12.0. The minimum absolute atomic E-state index is 0.0296. The lowest BCUT2D eigenvalue weighted by molar-refractivity contribution is -0.991. The molecule has 1 heterocycles. The van der Waals surface area contributed by atoms with Crippen LogP contribution in [-0.2, 0) is 4.79 Å². The molecule has 6 nitrogen and oxygen atoms in total. The van der Waals surface area contributed by atoms with Crippen molar-refractivity contribution in [3.05, 3.63) is 35.0 Å². The zero-order valence-electron chi connectivity index (χ0n) is 11.1. The van der Waals surface area contributed by atoms with E-state index in [9.17, 15) is 10.0 Å². The number of nitrogens with one attached hydrogen (secondary N) is 2. The predicted octanol–water partition coefficient (Wildman–Crippen LogP) is 0.381. The SMILES string of the molecule is CC(C)[C@]1(C)N=C(c2ccccc2[NH+]([O-])O)NC1=O. The van der Waals surface area contributed by atoms with E-state index < -0.39 is 10.8 Å². The molecule has 1 amide bonds. The van der Waals surface area contributed by atoms with Crippen LogP contribution in [0.15, 0.2) is 29.3 Å². The van der Waals surface area contributed by atoms with Gasteiger partial charge in [-0.15, -0.1) is 0 Å². The summed E-state index contributed by atoms with van der Waals surface area (Å²) in [5, 5.41) is 22.0. The van der Waals surface area contributed by atoms with E-state index in [0.717, 1.165) is 0 Å². The summed E-state index contributed by atoms with van der Waals surface area (Å²) in [6, 6.07) is 6.51. The topological polar surface area (TPSA) is 89.2 Å². The highest BCUT2D eigenvalue weighted by atomic mass is 16.8. The standard InChI is InChI=1S/C13H17N3O3/c1-8(2)13(3)12(17)14-11(15-13)9-6-4-5-7-10(9)16(18)19/h4-8,16,18H,1-3H3,(H,14,15,17)/t13-/m0/s1. The van der Waals surface area contributed by atoms with Crippen molar-refractivity contribution in [1.82, 2.24) is 5.32 Å². The smallest absolute Gasteiger partial charge is 0.253 e. The lowest BCUT2D eigenvalue weighted by atomic mass is 9.89. The van der Waals surface area contributed by atoms with E-state index in [1.165, 1.54) is 6.07 Å². The van der Waals surface area contributed by atoms with Crippen LogP contribution in [-0.4, -0.2) is 22.5 Å². The lowest BCUT2D eigenvalue weighted by Crippen LogP contribution is -2.99. The van der Waals surface area contributed by atoms with Gasteiger partial charge in [0.15, 0.2) is 5.69 Å². The molecule has 19 heavy (non-hydrogen) atoms. The Morgan fingerprint density at radius 3 is 2.58 bits per heavy atom. The number of hydrogen-bond acceptors (Lipinski definition) is 4. The first-order valence-electron chi connectivity index (χ1n) is 6.10. The number of para-hydroxylation sites is 1. The van der Waals surface area contributed by atoms with Crippen molar-refractivity contribution in [2.45, 2.75) is 26.3 Å². The lowest BCUT2D eigenvalue weighted by Gasteiger charge is -2.21. The van der Waals surface area contributed by atoms with E-state index in [-0.39, 0.29) is 17.5 Å². The fraction of sp³-hybridized carbons (Fsp3) is 0.385. The Labute approximate surface area is 111 Å². The summed E-state index contributed by atoms with van der Waals surface area (Å²) in [5.74, 6) is 0.166. The van der Waals surface area contributed by atoms with E-state index >= 15 is 0 Å². The van der Waals surface area contributed by atoms with Crippen molar-refractivity contribution >= 4 is 17.4 Å². The predicted molar refractivity (Wildman–Crippen MR) is 70.1 cm³/mol. The summed E-state index contributed by atoms with van der Waals surface area (Å²) in [4.78, 5) is 16.4. The summed E-state index contributed by atoms with van der Waals surface area (Å²) in [5.41, 5.74) is -0.275. The van der Waals surface area contributed by atoms with E-state index in [1.54, 1.807) is 25.1 Å². The minimum atomic E-state index is -1.04. The third-order valence-electron chi connectivity index (χ3n) is 3.57. The second-order valence-corrected chi connectivity index (χ2v) is 5.07. The van der Waals surface area contributed by atoms with Gasteiger partial charge in [0.05, 0.1) is 5.56 Å². The number of carbonyl (C=O) groups is 1. The van der Waals surface area contributed by atoms with Crippen LogP contribution in [0, 0.1) is 11.1 Å². The Hall–Kier alpha value is -1.76. The van der Waals surface area contributed by atoms with Gasteiger partial charge in [0.2, 0.25) is 0 Å². The summed E-state index contributed by atoms with van der Waals surface area (Å²) in [6.07, 6.45) is 0. The van der Waals surface area contributed by atoms with Gasteiger partial charge < -0.3 is 10.5 Å². The monoisotopic (exact) mass is 263 g/mol. The molecule has 0 saturated heterocycles. The van der Waals surface area contributed by atoms with Gasteiger partial charge in [-0.25, -0.2) is 5.21 Å². The largest absolute Gasteiger partial charge is 0.595 e. The van der Waals surface area contributed by atoms with Crippen LogP contribution >= 0.6 is 0 Å². The summed E-state index contributed by atoms with van der Waals surface area (Å²) in [6.45, 7) is 5.58. The van der Waals surface area contributed by atoms with Crippen molar-refractivity contribution in [3.8, 4) is 0 Å². The zero-order valence-corrected chi connectivity index (χ0v) is 11.1. The maximum Gasteiger partial charge on any atom is 0.253 e. The van der Waals surface area contributed by atoms with E-state index in [1.807, 2.05) is 13.8 Å². The molecule has 102 valence electrons. The molecule has 0 spiro atoms. The first kappa shape index (κ1) is 13.7. The van der Waals surface area contributed by atoms with Gasteiger partial charge >= 0.3 is 0 Å². The van der Waals surface area contributed by atoms with Crippen molar-refractivity contribution in [2.75, 3.05) is 0 Å². The summed E-state index contributed by atoms with van der Waals surface area (Å²) >= 11 is 0. The van der Waals surface area contributed by atoms with Gasteiger partial charge in [-0.1, -0.05) is 26.0 Å². The molecule has 0 aliphatic carbocycles. The van der Waals surface area contributed by atoms with Crippen LogP contribution in [0.3, 0.4) is 0 Å². The molecule has 3 N–H and O–H groups in total. The van der Waals surface area contributed by atoms with Gasteiger partial charge in [-0.05, 0) is 18.9 Å². The molecule has 1 aliphatic rings. The number of rotatable bonds is 3. The first-order chi connectivity index (χ1) is 8.86. The highest BCUT2D eigenvalue weighted by Gasteiger charge is 2.42. The van der Waals surface area contributed by atoms with Crippen molar-refractivity contribution in [1.29, 1.82) is 0 Å². The van der Waals surface area contributed by atoms with Crippen LogP contribution in [0.4, 0.5) is 5.69 Å². The molecule has 1 aromatic rings. The third-order valence-corrected chi connectivity index (χ3v) is 3.57. The Kier molecular flexibility index (Phi) is 3.40. The highest BCUT2D eigenvalue weighted by Crippen LogP contribution is 2.27. The quantitative estimate of drug-likeness (QED) is 0.689. The van der Waals surface area contributed by atoms with Crippen molar-refractivity contribution in [2.24, 2.45) is 10.9 Å². The molecule has 2 rings (SSSR count). The van der Waals surface area contributed by atoms with Gasteiger partial charge in [-0.2, -0.15) is 5.23 Å². The average Bonchev–Trinajstić information content (AvgIpc) is 2.67. The normalized spacial score (nSPS) is 24.3. The minimum Gasteiger partial charge on any atom is -0.595 e. The molecule has 0 aromatic heterocycles. The number of carbonyl (C=O) groups excluding carboxylic acids is 1. The van der Waals surface area contributed by atoms with E-state index in [2.05, 4.69) is 10.3 Å². The van der Waals surface area contributed by atoms with Gasteiger partial charge in [0.25, 0.3) is 5.91 Å². The molecular formula is C13H17N3O3. The molecule has 1 unspecified atom stereocenters. The summed E-state index contributed by atoms with van der Waals surface area (Å²) in [7, 11) is 0. The van der Waals surface area contributed by atoms with E-state index in [4.69, 9.17) is 5.21 Å². The highest BCUT2D eigenvalue weighted by molar-refractivity contribution is 6.16. The third kappa shape index (κ3) is 2.25. The number of amides is 1. The molecular weight excluding hydrogens is 246 g/mol. The van der Waals surface area contributed by atoms with Gasteiger partial charge in [0, 0.05) is 6.07 Å². The number of nitrogens with zero attached hydrogens (tertiary/aromatic N) is 1. The van der Waals surface area contributed by atoms with Crippen molar-refractivity contribution < 1.29 is 15.2 Å². The maximum atomic E-state index is 12.0. The molecule has 0 bridgehead atoms. The van der Waals surface area contributed by atoms with Crippen LogP contribution in [0.2, 0.25) is 0 Å². The molecule has 1 aliphatic heterocycles. The van der Waals surface area contributed by atoms with Crippen LogP contribution in [0.5, 0.6) is 0 Å². The Morgan fingerprint density at radius 2 is 2.05 bits per heavy atom. The number of quaternary nitrogens is 1. The average molecular weight is 263 g/mol. The first-order valence-corrected chi connectivity index (χ1v) is 6.10. The molecule has 6 heteroatoms. The van der Waals surface area contributed by atoms with Crippen LogP contribution in [0.1, 0.15) is 26.3 Å². The van der Waals surface area contributed by atoms with Gasteiger partial charge in [-0.3, -0.25) is 9.79 Å². The van der Waals surface area contributed by atoms with Crippen LogP contribution in [0.25, 0.3) is 0 Å². The molecule has 0 saturated carbocycles. The molecule has 0 fully saturated rings. The second-order valence-electron chi connectivity index (χ2n) is 5.07. The fourth-order valence-corrected chi connectivity index (χ4v) is 1.94. The van der Waals surface area contributed by atoms with Crippen LogP contribution < -0.4 is 10.5 Å². The number of aliphatic imine (C=N–C) groups is 1. The second kappa shape index (κ2) is 4.73. The molecule has 1 aromatic carbocycles. The Bertz CT molecular complexity index is 540. The van der Waals surface area contributed by atoms with E-state index in [0.29, 0.717) is 11.4 Å². The fourth-order valence-electron chi connectivity index (χ4n) is 1.94. The summed E-state index contributed by atoms with van der Waals surface area (Å²) < 4.78 is 0. The zero-order chi connectivity index (χ0) is 14.2. The molecule has 0 radical (unpaired) electrons. The Morgan fingerprint density at radius 1 is 1.42 bits per heavy atom. The molecule has 2 atom stereocenters. The number of amidine groups is 1.